The third-order valence-corrected chi connectivity index (χ3v) is 5.95. The number of carbonyl (C=O) groups is 3. The second kappa shape index (κ2) is 10.5. The minimum atomic E-state index is -0.734. The Morgan fingerprint density at radius 1 is 1.03 bits per heavy atom. The predicted octanol–water partition coefficient (Wildman–Crippen LogP) is 1.83. The van der Waals surface area contributed by atoms with Crippen molar-refractivity contribution in [3.63, 3.8) is 0 Å². The lowest BCUT2D eigenvalue weighted by Gasteiger charge is -2.37. The van der Waals surface area contributed by atoms with E-state index in [1.165, 1.54) is 16.9 Å². The smallest absolute Gasteiger partial charge is 0.331 e. The molecule has 184 valence electrons. The van der Waals surface area contributed by atoms with Gasteiger partial charge in [0.1, 0.15) is 12.6 Å². The number of hydrogen-bond donors (Lipinski definition) is 2. The molecule has 2 aromatic rings. The molecule has 1 fully saturated rings. The molecule has 0 spiro atoms. The summed E-state index contributed by atoms with van der Waals surface area (Å²) in [6, 6.07) is 13.4. The van der Waals surface area contributed by atoms with E-state index in [4.69, 9.17) is 9.47 Å². The highest BCUT2D eigenvalue weighted by Gasteiger charge is 2.46. The number of rotatable bonds is 9. The molecule has 0 saturated carbocycles. The quantitative estimate of drug-likeness (QED) is 0.566. The molecule has 2 aliphatic heterocycles. The van der Waals surface area contributed by atoms with Crippen LogP contribution in [0.25, 0.3) is 0 Å². The SMILES string of the molecule is CCN1C=C2C(N1)C(=O)N(Cc1ccccc1)C(=O)N2CC(=O)NCc1cccc(OC)c1OC. The molecule has 4 rings (SSSR count). The molecule has 10 nitrogen and oxygen atoms in total. The summed E-state index contributed by atoms with van der Waals surface area (Å²) in [5.41, 5.74) is 5.13. The number of hydrogen-bond acceptors (Lipinski definition) is 7. The number of amides is 4. The van der Waals surface area contributed by atoms with Crippen molar-refractivity contribution in [2.45, 2.75) is 26.1 Å². The molecule has 1 atom stereocenters. The number of methoxy groups -OCH3 is 2. The molecule has 1 unspecified atom stereocenters. The van der Waals surface area contributed by atoms with E-state index >= 15 is 0 Å². The Balaban J connectivity index is 1.52. The summed E-state index contributed by atoms with van der Waals surface area (Å²) in [6.07, 6.45) is 1.71. The van der Waals surface area contributed by atoms with Crippen LogP contribution in [0.4, 0.5) is 4.79 Å². The molecule has 2 N–H and O–H groups in total. The second-order valence-electron chi connectivity index (χ2n) is 8.11. The topological polar surface area (TPSA) is 103 Å². The van der Waals surface area contributed by atoms with E-state index < -0.39 is 12.1 Å². The van der Waals surface area contributed by atoms with Gasteiger partial charge in [-0.25, -0.2) is 10.2 Å². The maximum atomic E-state index is 13.4. The summed E-state index contributed by atoms with van der Waals surface area (Å²) in [6.45, 7) is 2.60. The van der Waals surface area contributed by atoms with Crippen LogP contribution >= 0.6 is 0 Å². The van der Waals surface area contributed by atoms with Crippen molar-refractivity contribution in [3.8, 4) is 11.5 Å². The van der Waals surface area contributed by atoms with E-state index in [0.717, 1.165) is 11.1 Å². The lowest BCUT2D eigenvalue weighted by molar-refractivity contribution is -0.134. The monoisotopic (exact) mass is 479 g/mol. The highest BCUT2D eigenvalue weighted by Crippen LogP contribution is 2.31. The summed E-state index contributed by atoms with van der Waals surface area (Å²) in [5.74, 6) is 0.376. The van der Waals surface area contributed by atoms with Crippen LogP contribution in [0.1, 0.15) is 18.1 Å². The van der Waals surface area contributed by atoms with E-state index in [1.807, 2.05) is 49.4 Å². The number of nitrogens with one attached hydrogen (secondary N) is 2. The second-order valence-corrected chi connectivity index (χ2v) is 8.11. The first-order chi connectivity index (χ1) is 17.0. The van der Waals surface area contributed by atoms with Crippen molar-refractivity contribution in [2.75, 3.05) is 27.3 Å². The zero-order valence-corrected chi connectivity index (χ0v) is 20.0. The summed E-state index contributed by atoms with van der Waals surface area (Å²) >= 11 is 0. The number of ether oxygens (including phenoxy) is 2. The Hall–Kier alpha value is -4.05. The van der Waals surface area contributed by atoms with Crippen LogP contribution in [0.15, 0.2) is 60.4 Å². The van der Waals surface area contributed by atoms with Crippen LogP contribution < -0.4 is 20.2 Å². The molecule has 2 heterocycles. The first-order valence-corrected chi connectivity index (χ1v) is 11.3. The van der Waals surface area contributed by atoms with Crippen LogP contribution in [0, 0.1) is 0 Å². The number of benzene rings is 2. The fraction of sp³-hybridized carbons (Fsp3) is 0.320. The van der Waals surface area contributed by atoms with Crippen LogP contribution in [-0.2, 0) is 22.7 Å². The van der Waals surface area contributed by atoms with Crippen molar-refractivity contribution in [1.82, 2.24) is 25.6 Å². The van der Waals surface area contributed by atoms with Gasteiger partial charge < -0.3 is 19.8 Å². The van der Waals surface area contributed by atoms with Gasteiger partial charge in [0.2, 0.25) is 5.91 Å². The lowest BCUT2D eigenvalue weighted by atomic mass is 10.1. The van der Waals surface area contributed by atoms with Crippen molar-refractivity contribution >= 4 is 17.8 Å². The average Bonchev–Trinajstić information content (AvgIpc) is 3.33. The Morgan fingerprint density at radius 3 is 2.49 bits per heavy atom. The summed E-state index contributed by atoms with van der Waals surface area (Å²) < 4.78 is 10.7. The molecule has 0 bridgehead atoms. The molecule has 2 aromatic carbocycles. The van der Waals surface area contributed by atoms with E-state index in [-0.39, 0.29) is 31.4 Å². The van der Waals surface area contributed by atoms with Gasteiger partial charge in [0.05, 0.1) is 26.5 Å². The van der Waals surface area contributed by atoms with Gasteiger partial charge in [-0.05, 0) is 18.6 Å². The molecular formula is C25H29N5O5. The zero-order valence-electron chi connectivity index (χ0n) is 20.0. The minimum absolute atomic E-state index is 0.120. The van der Waals surface area contributed by atoms with Gasteiger partial charge in [-0.15, -0.1) is 0 Å². The van der Waals surface area contributed by atoms with Gasteiger partial charge in [0.25, 0.3) is 5.91 Å². The van der Waals surface area contributed by atoms with Gasteiger partial charge in [0.15, 0.2) is 11.5 Å². The number of nitrogens with zero attached hydrogens (tertiary/aromatic N) is 3. The first-order valence-electron chi connectivity index (χ1n) is 11.3. The fourth-order valence-electron chi connectivity index (χ4n) is 4.16. The van der Waals surface area contributed by atoms with Crippen LogP contribution in [0.2, 0.25) is 0 Å². The van der Waals surface area contributed by atoms with Crippen molar-refractivity contribution in [3.05, 3.63) is 71.6 Å². The van der Waals surface area contributed by atoms with Crippen LogP contribution in [-0.4, -0.2) is 66.0 Å². The largest absolute Gasteiger partial charge is 0.493 e. The Labute approximate surface area is 204 Å². The number of para-hydroxylation sites is 1. The molecule has 35 heavy (non-hydrogen) atoms. The Bertz CT molecular complexity index is 1140. The van der Waals surface area contributed by atoms with Crippen molar-refractivity contribution < 1.29 is 23.9 Å². The third kappa shape index (κ3) is 4.92. The molecule has 1 saturated heterocycles. The summed E-state index contributed by atoms with van der Waals surface area (Å²) in [4.78, 5) is 42.0. The van der Waals surface area contributed by atoms with E-state index in [2.05, 4.69) is 10.7 Å². The van der Waals surface area contributed by atoms with E-state index in [9.17, 15) is 14.4 Å². The number of fused-ring (bicyclic) bond motifs is 1. The molecular weight excluding hydrogens is 450 g/mol. The highest BCUT2D eigenvalue weighted by molar-refractivity contribution is 6.04. The molecule has 0 aromatic heterocycles. The summed E-state index contributed by atoms with van der Waals surface area (Å²) in [5, 5.41) is 4.58. The number of hydrazine groups is 1. The van der Waals surface area contributed by atoms with Gasteiger partial charge in [-0.2, -0.15) is 0 Å². The number of imide groups is 1. The van der Waals surface area contributed by atoms with E-state index in [1.54, 1.807) is 24.4 Å². The van der Waals surface area contributed by atoms with Crippen molar-refractivity contribution in [2.24, 2.45) is 0 Å². The highest BCUT2D eigenvalue weighted by atomic mass is 16.5. The molecule has 10 heteroatoms. The fourth-order valence-corrected chi connectivity index (χ4v) is 4.16. The van der Waals surface area contributed by atoms with Crippen molar-refractivity contribution in [1.29, 1.82) is 0 Å². The maximum absolute atomic E-state index is 13.4. The first kappa shape index (κ1) is 24.1. The third-order valence-electron chi connectivity index (χ3n) is 5.95. The maximum Gasteiger partial charge on any atom is 0.331 e. The number of carbonyl (C=O) groups excluding carboxylic acids is 3. The number of urea groups is 1. The average molecular weight is 480 g/mol. The van der Waals surface area contributed by atoms with Gasteiger partial charge >= 0.3 is 6.03 Å². The lowest BCUT2D eigenvalue weighted by Crippen LogP contribution is -2.61. The minimum Gasteiger partial charge on any atom is -0.493 e. The standard InChI is InChI=1S/C25H29N5O5/c1-4-28-15-19-22(27-28)24(32)30(14-17-9-6-5-7-10-17)25(33)29(19)16-21(31)26-13-18-11-8-12-20(34-2)23(18)35-3/h5-12,15,22,27H,4,13-14,16H2,1-3H3,(H,26,31). The Kier molecular flexibility index (Phi) is 7.21. The molecule has 4 amide bonds. The van der Waals surface area contributed by atoms with Gasteiger partial charge in [0, 0.05) is 24.9 Å². The molecule has 0 radical (unpaired) electrons. The van der Waals surface area contributed by atoms with Crippen LogP contribution in [0.5, 0.6) is 11.5 Å². The molecule has 0 aliphatic carbocycles. The van der Waals surface area contributed by atoms with Gasteiger partial charge in [-0.3, -0.25) is 19.4 Å². The molecule has 2 aliphatic rings. The Morgan fingerprint density at radius 2 is 1.80 bits per heavy atom. The van der Waals surface area contributed by atoms with Crippen LogP contribution in [0.3, 0.4) is 0 Å². The predicted molar refractivity (Wildman–Crippen MR) is 128 cm³/mol. The van der Waals surface area contributed by atoms with E-state index in [0.29, 0.717) is 23.7 Å². The zero-order chi connectivity index (χ0) is 24.9. The summed E-state index contributed by atoms with van der Waals surface area (Å²) in [7, 11) is 3.08. The van der Waals surface area contributed by atoms with Gasteiger partial charge in [-0.1, -0.05) is 42.5 Å². The normalized spacial score (nSPS) is 17.3.